The van der Waals surface area contributed by atoms with Crippen molar-refractivity contribution in [3.05, 3.63) is 35.9 Å². The van der Waals surface area contributed by atoms with Crippen molar-refractivity contribution in [2.24, 2.45) is 0 Å². The van der Waals surface area contributed by atoms with E-state index in [-0.39, 0.29) is 12.4 Å². The lowest BCUT2D eigenvalue weighted by molar-refractivity contribution is -0.134. The Bertz CT molecular complexity index is 446. The van der Waals surface area contributed by atoms with E-state index >= 15 is 0 Å². The minimum Gasteiger partial charge on any atom is -0.340 e. The van der Waals surface area contributed by atoms with Crippen molar-refractivity contribution in [1.82, 2.24) is 10.2 Å². The number of nitrogens with one attached hydrogen (secondary N) is 1. The molecule has 0 radical (unpaired) electrons. The third kappa shape index (κ3) is 5.82. The number of halogens is 1. The molecule has 1 aliphatic rings. The first-order valence-corrected chi connectivity index (χ1v) is 8.81. The first-order chi connectivity index (χ1) is 10.8. The number of piperidine rings is 1. The molecule has 1 saturated heterocycles. The third-order valence-corrected chi connectivity index (χ3v) is 4.72. The Kier molecular flexibility index (Phi) is 9.27. The second-order valence-electron chi connectivity index (χ2n) is 6.29. The molecule has 3 nitrogen and oxygen atoms in total. The van der Waals surface area contributed by atoms with Crippen LogP contribution in [0.15, 0.2) is 30.3 Å². The van der Waals surface area contributed by atoms with Crippen molar-refractivity contribution < 1.29 is 4.79 Å². The number of amides is 1. The lowest BCUT2D eigenvalue weighted by Gasteiger charge is -2.35. The Hall–Kier alpha value is -1.06. The van der Waals surface area contributed by atoms with Crippen molar-refractivity contribution in [2.75, 3.05) is 19.6 Å². The molecule has 0 aromatic heterocycles. The third-order valence-electron chi connectivity index (χ3n) is 4.72. The van der Waals surface area contributed by atoms with Gasteiger partial charge in [0, 0.05) is 19.0 Å². The highest BCUT2D eigenvalue weighted by Crippen LogP contribution is 2.25. The number of carbonyl (C=O) groups excluding carboxylic acids is 1. The topological polar surface area (TPSA) is 32.3 Å². The lowest BCUT2D eigenvalue weighted by Crippen LogP contribution is -2.46. The monoisotopic (exact) mass is 338 g/mol. The molecule has 1 aromatic rings. The minimum absolute atomic E-state index is 0. The predicted molar refractivity (Wildman–Crippen MR) is 99.2 cm³/mol. The normalized spacial score (nSPS) is 16.4. The van der Waals surface area contributed by atoms with E-state index in [0.29, 0.717) is 24.3 Å². The summed E-state index contributed by atoms with van der Waals surface area (Å²) in [5.74, 6) is 0.680. The summed E-state index contributed by atoms with van der Waals surface area (Å²) in [5, 5.41) is 3.39. The van der Waals surface area contributed by atoms with Crippen molar-refractivity contribution in [3.8, 4) is 0 Å². The zero-order valence-corrected chi connectivity index (χ0v) is 15.3. The summed E-state index contributed by atoms with van der Waals surface area (Å²) in [6.45, 7) is 7.31. The lowest BCUT2D eigenvalue weighted by atomic mass is 9.92. The first-order valence-electron chi connectivity index (χ1n) is 8.81. The average Bonchev–Trinajstić information content (AvgIpc) is 2.59. The molecule has 23 heavy (non-hydrogen) atoms. The summed E-state index contributed by atoms with van der Waals surface area (Å²) in [4.78, 5) is 15.0. The molecule has 0 bridgehead atoms. The molecule has 1 amide bonds. The van der Waals surface area contributed by atoms with E-state index < -0.39 is 0 Å². The zero-order valence-electron chi connectivity index (χ0n) is 14.5. The van der Waals surface area contributed by atoms with E-state index in [4.69, 9.17) is 0 Å². The molecule has 0 spiro atoms. The van der Waals surface area contributed by atoms with E-state index in [1.54, 1.807) is 0 Å². The molecule has 2 rings (SSSR count). The van der Waals surface area contributed by atoms with Gasteiger partial charge in [0.05, 0.1) is 0 Å². The molecular formula is C19H31ClN2O. The molecule has 0 aliphatic carbocycles. The first kappa shape index (κ1) is 20.0. The number of nitrogens with zero attached hydrogens (tertiary/aromatic N) is 1. The van der Waals surface area contributed by atoms with Crippen LogP contribution in [0.25, 0.3) is 0 Å². The van der Waals surface area contributed by atoms with Gasteiger partial charge in [-0.1, -0.05) is 44.2 Å². The maximum Gasteiger partial charge on any atom is 0.223 e. The van der Waals surface area contributed by atoms with Gasteiger partial charge in [0.2, 0.25) is 5.91 Å². The van der Waals surface area contributed by atoms with Crippen LogP contribution in [0.2, 0.25) is 0 Å². The highest BCUT2D eigenvalue weighted by Gasteiger charge is 2.26. The molecule has 1 aliphatic heterocycles. The predicted octanol–water partition coefficient (Wildman–Crippen LogP) is 3.98. The second kappa shape index (κ2) is 10.7. The quantitative estimate of drug-likeness (QED) is 0.815. The van der Waals surface area contributed by atoms with Crippen LogP contribution in [0.4, 0.5) is 0 Å². The van der Waals surface area contributed by atoms with Crippen LogP contribution in [0.3, 0.4) is 0 Å². The second-order valence-corrected chi connectivity index (χ2v) is 6.29. The Morgan fingerprint density at radius 3 is 2.43 bits per heavy atom. The van der Waals surface area contributed by atoms with Crippen molar-refractivity contribution in [2.45, 2.75) is 57.9 Å². The van der Waals surface area contributed by atoms with Gasteiger partial charge in [-0.15, -0.1) is 12.4 Å². The van der Waals surface area contributed by atoms with Gasteiger partial charge in [-0.2, -0.15) is 0 Å². The zero-order chi connectivity index (χ0) is 15.8. The molecule has 1 atom stereocenters. The van der Waals surface area contributed by atoms with E-state index in [2.05, 4.69) is 48.3 Å². The smallest absolute Gasteiger partial charge is 0.223 e. The number of carbonyl (C=O) groups is 1. The van der Waals surface area contributed by atoms with Crippen molar-refractivity contribution >= 4 is 18.3 Å². The summed E-state index contributed by atoms with van der Waals surface area (Å²) in [5.41, 5.74) is 1.29. The molecule has 1 unspecified atom stereocenters. The van der Waals surface area contributed by atoms with Gasteiger partial charge in [-0.05, 0) is 50.3 Å². The maximum atomic E-state index is 12.9. The summed E-state index contributed by atoms with van der Waals surface area (Å²) in [6.07, 6.45) is 4.88. The Labute approximate surface area is 147 Å². The standard InChI is InChI=1S/C19H30N2O.ClH/c1-3-14-21(18-10-12-20-13-11-18)19(22)15-16(4-2)17-8-6-5-7-9-17;/h5-9,16,18,20H,3-4,10-15H2,1-2H3;1H. The van der Waals surface area contributed by atoms with Crippen molar-refractivity contribution in [1.29, 1.82) is 0 Å². The SMILES string of the molecule is CCCN(C(=O)CC(CC)c1ccccc1)C1CCNCC1.Cl. The summed E-state index contributed by atoms with van der Waals surface area (Å²) < 4.78 is 0. The van der Waals surface area contributed by atoms with E-state index in [0.717, 1.165) is 45.3 Å². The van der Waals surface area contributed by atoms with Gasteiger partial charge in [0.1, 0.15) is 0 Å². The highest BCUT2D eigenvalue weighted by molar-refractivity contribution is 5.85. The molecule has 4 heteroatoms. The van der Waals surface area contributed by atoms with Crippen LogP contribution in [-0.4, -0.2) is 36.5 Å². The average molecular weight is 339 g/mol. The summed E-state index contributed by atoms with van der Waals surface area (Å²) in [7, 11) is 0. The molecule has 0 saturated carbocycles. The van der Waals surface area contributed by atoms with Crippen LogP contribution in [-0.2, 0) is 4.79 Å². The molecule has 1 heterocycles. The summed E-state index contributed by atoms with van der Waals surface area (Å²) >= 11 is 0. The van der Waals surface area contributed by atoms with Crippen LogP contribution >= 0.6 is 12.4 Å². The van der Waals surface area contributed by atoms with Gasteiger partial charge < -0.3 is 10.2 Å². The summed E-state index contributed by atoms with van der Waals surface area (Å²) in [6, 6.07) is 10.9. The van der Waals surface area contributed by atoms with E-state index in [1.807, 2.05) is 6.07 Å². The molecule has 1 aromatic carbocycles. The number of rotatable bonds is 7. The largest absolute Gasteiger partial charge is 0.340 e. The van der Waals surface area contributed by atoms with Gasteiger partial charge in [0.25, 0.3) is 0 Å². The van der Waals surface area contributed by atoms with Gasteiger partial charge in [-0.25, -0.2) is 0 Å². The van der Waals surface area contributed by atoms with Crippen LogP contribution < -0.4 is 5.32 Å². The van der Waals surface area contributed by atoms with Crippen LogP contribution in [0.5, 0.6) is 0 Å². The van der Waals surface area contributed by atoms with Gasteiger partial charge >= 0.3 is 0 Å². The molecular weight excluding hydrogens is 308 g/mol. The molecule has 1 N–H and O–H groups in total. The number of hydrogen-bond acceptors (Lipinski definition) is 2. The fourth-order valence-electron chi connectivity index (χ4n) is 3.42. The van der Waals surface area contributed by atoms with Crippen molar-refractivity contribution in [3.63, 3.8) is 0 Å². The van der Waals surface area contributed by atoms with Gasteiger partial charge in [-0.3, -0.25) is 4.79 Å². The molecule has 1 fully saturated rings. The van der Waals surface area contributed by atoms with Crippen LogP contribution in [0, 0.1) is 0 Å². The van der Waals surface area contributed by atoms with E-state index in [9.17, 15) is 4.79 Å². The van der Waals surface area contributed by atoms with Crippen LogP contribution in [0.1, 0.15) is 57.4 Å². The Balaban J connectivity index is 0.00000264. The maximum absolute atomic E-state index is 12.9. The highest BCUT2D eigenvalue weighted by atomic mass is 35.5. The van der Waals surface area contributed by atoms with E-state index in [1.165, 1.54) is 5.56 Å². The number of hydrogen-bond donors (Lipinski definition) is 1. The minimum atomic E-state index is 0. The Morgan fingerprint density at radius 1 is 1.22 bits per heavy atom. The number of benzene rings is 1. The fourth-order valence-corrected chi connectivity index (χ4v) is 3.42. The van der Waals surface area contributed by atoms with Gasteiger partial charge in [0.15, 0.2) is 0 Å². The Morgan fingerprint density at radius 2 is 1.87 bits per heavy atom. The molecule has 130 valence electrons. The fraction of sp³-hybridized carbons (Fsp3) is 0.632.